The van der Waals surface area contributed by atoms with E-state index in [9.17, 15) is 8.42 Å². The van der Waals surface area contributed by atoms with Gasteiger partial charge in [-0.1, -0.05) is 8.80 Å². The molecule has 0 aromatic heterocycles. The summed E-state index contributed by atoms with van der Waals surface area (Å²) >= 11 is 0. The molecule has 0 unspecified atom stereocenters. The van der Waals surface area contributed by atoms with E-state index in [4.69, 9.17) is 10.5 Å². The number of hydroxylamine groups is 1. The fourth-order valence-electron chi connectivity index (χ4n) is 0.367. The molecule has 0 atom stereocenters. The van der Waals surface area contributed by atoms with Crippen LogP contribution in [-0.4, -0.2) is 28.9 Å². The lowest BCUT2D eigenvalue weighted by Crippen LogP contribution is -2.43. The van der Waals surface area contributed by atoms with Gasteiger partial charge in [-0.3, -0.25) is 5.21 Å². The van der Waals surface area contributed by atoms with Crippen LogP contribution in [0.4, 0.5) is 0 Å². The van der Waals surface area contributed by atoms with Gasteiger partial charge in [-0.2, -0.15) is 8.42 Å². The van der Waals surface area contributed by atoms with Gasteiger partial charge >= 0.3 is 10.3 Å². The quantitative estimate of drug-likeness (QED) is 0.474. The van der Waals surface area contributed by atoms with Gasteiger partial charge in [-0.15, -0.1) is 0 Å². The Balaban J connectivity index is 4.64. The molecule has 7 heteroatoms. The third-order valence-corrected chi connectivity index (χ3v) is 2.04. The second-order valence-electron chi connectivity index (χ2n) is 2.95. The van der Waals surface area contributed by atoms with Crippen LogP contribution in [0.25, 0.3) is 0 Å². The van der Waals surface area contributed by atoms with Crippen molar-refractivity contribution in [1.29, 1.82) is 0 Å². The third-order valence-electron chi connectivity index (χ3n) is 0.880. The molecule has 0 aliphatic heterocycles. The molecule has 0 spiro atoms. The fourth-order valence-corrected chi connectivity index (χ4v) is 1.10. The van der Waals surface area contributed by atoms with Gasteiger partial charge in [0.1, 0.15) is 0 Å². The van der Waals surface area contributed by atoms with Crippen molar-refractivity contribution in [2.45, 2.75) is 26.3 Å². The molecule has 2 N–H and O–H groups in total. The van der Waals surface area contributed by atoms with E-state index in [2.05, 4.69) is 4.33 Å². The summed E-state index contributed by atoms with van der Waals surface area (Å²) in [6, 6.07) is 0. The summed E-state index contributed by atoms with van der Waals surface area (Å²) in [4.78, 5) is 0. The van der Waals surface area contributed by atoms with Gasteiger partial charge in [0.15, 0.2) is 0 Å². The molecule has 0 aliphatic rings. The summed E-state index contributed by atoms with van der Waals surface area (Å²) < 4.78 is 24.1. The smallest absolute Gasteiger partial charge is 0.297 e. The monoisotopic (exact) mass is 185 g/mol. The number of nitrogens with zero attached hydrogens (tertiary/aromatic N) is 1. The SMILES string of the molecule is CC(C)(C)N(O)S(=O)(=O)OO. The van der Waals surface area contributed by atoms with E-state index in [1.807, 2.05) is 0 Å². The summed E-state index contributed by atoms with van der Waals surface area (Å²) in [7, 11) is -4.41. The van der Waals surface area contributed by atoms with E-state index in [1.54, 1.807) is 0 Å². The molecule has 68 valence electrons. The van der Waals surface area contributed by atoms with Crippen LogP contribution in [0.5, 0.6) is 0 Å². The van der Waals surface area contributed by atoms with Gasteiger partial charge in [0.05, 0.1) is 5.54 Å². The molecule has 0 bridgehead atoms. The standard InChI is InChI=1S/C4H11NO5S/c1-4(2,3)5(6)11(8,9)10-7/h6-7H,1-3H3. The van der Waals surface area contributed by atoms with Crippen LogP contribution >= 0.6 is 0 Å². The Kier molecular flexibility index (Phi) is 2.98. The van der Waals surface area contributed by atoms with Crippen LogP contribution in [0.3, 0.4) is 0 Å². The highest BCUT2D eigenvalue weighted by Crippen LogP contribution is 2.14. The Bertz CT molecular complexity index is 215. The predicted octanol–water partition coefficient (Wildman–Crippen LogP) is 0.210. The van der Waals surface area contributed by atoms with Crippen molar-refractivity contribution in [2.75, 3.05) is 0 Å². The summed E-state index contributed by atoms with van der Waals surface area (Å²) in [5.74, 6) is 0. The zero-order chi connectivity index (χ0) is 9.28. The van der Waals surface area contributed by atoms with Gasteiger partial charge in [0.2, 0.25) is 0 Å². The Morgan fingerprint density at radius 3 is 1.82 bits per heavy atom. The fraction of sp³-hybridized carbons (Fsp3) is 1.00. The van der Waals surface area contributed by atoms with E-state index < -0.39 is 15.8 Å². The predicted molar refractivity (Wildman–Crippen MR) is 36.0 cm³/mol. The minimum Gasteiger partial charge on any atom is -0.297 e. The van der Waals surface area contributed by atoms with Crippen molar-refractivity contribution < 1.29 is 23.2 Å². The Labute approximate surface area is 65.1 Å². The lowest BCUT2D eigenvalue weighted by atomic mass is 10.1. The van der Waals surface area contributed by atoms with Crippen LogP contribution in [0, 0.1) is 0 Å². The van der Waals surface area contributed by atoms with E-state index in [-0.39, 0.29) is 4.47 Å². The molecule has 0 aliphatic carbocycles. The minimum atomic E-state index is -4.41. The van der Waals surface area contributed by atoms with Crippen LogP contribution in [0.15, 0.2) is 0 Å². The molecule has 6 nitrogen and oxygen atoms in total. The molecule has 0 rings (SSSR count). The van der Waals surface area contributed by atoms with Gasteiger partial charge in [0, 0.05) is 0 Å². The van der Waals surface area contributed by atoms with Crippen LogP contribution < -0.4 is 0 Å². The molecule has 0 amide bonds. The van der Waals surface area contributed by atoms with Crippen LogP contribution in [-0.2, 0) is 14.6 Å². The van der Waals surface area contributed by atoms with Crippen molar-refractivity contribution in [3.63, 3.8) is 0 Å². The molecule has 0 saturated carbocycles. The summed E-state index contributed by atoms with van der Waals surface area (Å²) in [5, 5.41) is 16.7. The Morgan fingerprint density at radius 2 is 1.73 bits per heavy atom. The van der Waals surface area contributed by atoms with Gasteiger partial charge in [0.25, 0.3) is 0 Å². The lowest BCUT2D eigenvalue weighted by Gasteiger charge is -2.25. The molecule has 0 fully saturated rings. The summed E-state index contributed by atoms with van der Waals surface area (Å²) in [5.41, 5.74) is -1.04. The first kappa shape index (κ1) is 10.8. The van der Waals surface area contributed by atoms with Crippen LogP contribution in [0.2, 0.25) is 0 Å². The number of rotatable bonds is 2. The normalized spacial score (nSPS) is 14.0. The highest BCUT2D eigenvalue weighted by molar-refractivity contribution is 7.84. The molecular weight excluding hydrogens is 174 g/mol. The molecule has 0 saturated heterocycles. The number of hydrogen-bond donors (Lipinski definition) is 2. The zero-order valence-electron chi connectivity index (χ0n) is 6.47. The molecule has 0 aromatic rings. The maximum Gasteiger partial charge on any atom is 0.387 e. The molecule has 0 heterocycles. The van der Waals surface area contributed by atoms with Gasteiger partial charge < -0.3 is 0 Å². The average molecular weight is 185 g/mol. The molecule has 0 aromatic carbocycles. The first-order valence-corrected chi connectivity index (χ1v) is 4.15. The second-order valence-corrected chi connectivity index (χ2v) is 4.30. The largest absolute Gasteiger partial charge is 0.387 e. The number of hydrogen-bond acceptors (Lipinski definition) is 5. The average Bonchev–Trinajstić information content (AvgIpc) is 1.84. The van der Waals surface area contributed by atoms with Gasteiger partial charge in [-0.05, 0) is 20.8 Å². The van der Waals surface area contributed by atoms with Crippen LogP contribution in [0.1, 0.15) is 20.8 Å². The van der Waals surface area contributed by atoms with E-state index in [0.29, 0.717) is 0 Å². The van der Waals surface area contributed by atoms with Crippen molar-refractivity contribution in [3.05, 3.63) is 0 Å². The van der Waals surface area contributed by atoms with E-state index >= 15 is 0 Å². The first-order chi connectivity index (χ1) is 4.72. The molecule has 0 radical (unpaired) electrons. The Morgan fingerprint density at radius 1 is 1.36 bits per heavy atom. The highest BCUT2D eigenvalue weighted by Gasteiger charge is 2.32. The van der Waals surface area contributed by atoms with Crippen molar-refractivity contribution >= 4 is 10.3 Å². The zero-order valence-corrected chi connectivity index (χ0v) is 7.29. The third kappa shape index (κ3) is 2.72. The highest BCUT2D eigenvalue weighted by atomic mass is 32.2. The van der Waals surface area contributed by atoms with Crippen molar-refractivity contribution in [3.8, 4) is 0 Å². The Hall–Kier alpha value is -0.210. The molecular formula is C4H11NO5S. The first-order valence-electron chi connectivity index (χ1n) is 2.79. The lowest BCUT2D eigenvalue weighted by molar-refractivity contribution is -0.166. The van der Waals surface area contributed by atoms with Gasteiger partial charge in [-0.25, -0.2) is 5.26 Å². The van der Waals surface area contributed by atoms with Crippen molar-refractivity contribution in [2.24, 2.45) is 0 Å². The minimum absolute atomic E-state index is 0.0694. The van der Waals surface area contributed by atoms with E-state index in [0.717, 1.165) is 0 Å². The second kappa shape index (κ2) is 3.03. The maximum atomic E-state index is 10.5. The summed E-state index contributed by atoms with van der Waals surface area (Å²) in [6.07, 6.45) is 0. The molecule has 11 heavy (non-hydrogen) atoms. The topological polar surface area (TPSA) is 87.1 Å². The van der Waals surface area contributed by atoms with Crippen molar-refractivity contribution in [1.82, 2.24) is 4.47 Å². The van der Waals surface area contributed by atoms with E-state index in [1.165, 1.54) is 20.8 Å². The summed E-state index contributed by atoms with van der Waals surface area (Å²) in [6.45, 7) is 4.30. The maximum absolute atomic E-state index is 10.5.